The molecule has 0 aromatic heterocycles. The summed E-state index contributed by atoms with van der Waals surface area (Å²) in [6.07, 6.45) is 0. The molecule has 71 heavy (non-hydrogen) atoms. The van der Waals surface area contributed by atoms with Crippen molar-refractivity contribution in [2.45, 2.75) is 0 Å². The van der Waals surface area contributed by atoms with Crippen LogP contribution in [-0.4, -0.2) is 13.4 Å². The van der Waals surface area contributed by atoms with Crippen LogP contribution in [0.5, 0.6) is 11.5 Å². The van der Waals surface area contributed by atoms with Crippen LogP contribution >= 0.6 is 0 Å². The van der Waals surface area contributed by atoms with E-state index in [0.717, 1.165) is 22.9 Å². The molecule has 0 saturated heterocycles. The first-order valence-electron chi connectivity index (χ1n) is 24.5. The molecule has 11 aromatic rings. The van der Waals surface area contributed by atoms with E-state index in [9.17, 15) is 0 Å². The van der Waals surface area contributed by atoms with Gasteiger partial charge in [0.15, 0.2) is 11.5 Å². The van der Waals surface area contributed by atoms with E-state index in [2.05, 4.69) is 268 Å². The average Bonchev–Trinajstić information content (AvgIpc) is 3.44. The van der Waals surface area contributed by atoms with E-state index < -0.39 is 0 Å². The van der Waals surface area contributed by atoms with Crippen molar-refractivity contribution < 1.29 is 4.74 Å². The standard InChI is InChI=1S/C34H23BN2.C30H19BN2O/c1-2-13-26(14-3-1)36-30-17-8-6-15-28(30)35-29-16-7-9-18-31(29)37(33-20-10-19-32(36)34(33)35)27-22-21-24-11-4-5-12-25(24)23-27;1-2-10-20(11-3-1)32-23-14-5-4-12-21(23)31-22-13-8-19-28-30(22)33(24-15-6-7-18-27(24)34-28)26-17-9-16-25(32)29(26)31/h1-23H;1-19H. The Morgan fingerprint density at radius 3 is 1.23 bits per heavy atom. The summed E-state index contributed by atoms with van der Waals surface area (Å²) >= 11 is 0. The summed E-state index contributed by atoms with van der Waals surface area (Å²) in [4.78, 5) is 9.69. The van der Waals surface area contributed by atoms with Crippen molar-refractivity contribution in [3.8, 4) is 11.5 Å². The summed E-state index contributed by atoms with van der Waals surface area (Å²) in [6.45, 7) is 0.317. The Balaban J connectivity index is 0.000000128. The monoisotopic (exact) mass is 904 g/mol. The second-order valence-electron chi connectivity index (χ2n) is 18.8. The van der Waals surface area contributed by atoms with E-state index in [-0.39, 0.29) is 13.4 Å². The van der Waals surface area contributed by atoms with Gasteiger partial charge in [0.25, 0.3) is 13.4 Å². The molecule has 16 rings (SSSR count). The molecule has 0 bridgehead atoms. The Labute approximate surface area is 413 Å². The van der Waals surface area contributed by atoms with Gasteiger partial charge in [-0.1, -0.05) is 158 Å². The number of nitrogens with zero attached hydrogens (tertiary/aromatic N) is 4. The summed E-state index contributed by atoms with van der Waals surface area (Å²) in [5, 5.41) is 2.51. The SMILES string of the molecule is c1ccc(N2c3ccccc3B3c4cccc5c4N(c4ccccc4O5)c4cccc2c43)cc1.c1ccc(N2c3ccccc3B3c4ccccc4N(c4ccc5ccccc5c4)c4cccc2c43)cc1. The predicted molar refractivity (Wildman–Crippen MR) is 299 cm³/mol. The van der Waals surface area contributed by atoms with Crippen LogP contribution in [0, 0.1) is 0 Å². The number of rotatable bonds is 3. The zero-order valence-electron chi connectivity index (χ0n) is 38.6. The van der Waals surface area contributed by atoms with Crippen molar-refractivity contribution in [1.82, 2.24) is 0 Å². The lowest BCUT2D eigenvalue weighted by Gasteiger charge is -2.45. The zero-order valence-corrected chi connectivity index (χ0v) is 38.6. The van der Waals surface area contributed by atoms with Crippen molar-refractivity contribution in [2.75, 3.05) is 19.6 Å². The Morgan fingerprint density at radius 1 is 0.254 bits per heavy atom. The molecule has 0 amide bonds. The molecule has 0 atom stereocenters. The highest BCUT2D eigenvalue weighted by Crippen LogP contribution is 2.53. The highest BCUT2D eigenvalue weighted by Gasteiger charge is 2.46. The van der Waals surface area contributed by atoms with Crippen LogP contribution in [0.1, 0.15) is 0 Å². The number of fused-ring (bicyclic) bond motifs is 11. The minimum absolute atomic E-state index is 0.141. The van der Waals surface area contributed by atoms with Crippen molar-refractivity contribution in [3.63, 3.8) is 0 Å². The smallest absolute Gasteiger partial charge is 0.252 e. The van der Waals surface area contributed by atoms with Crippen molar-refractivity contribution in [3.05, 3.63) is 255 Å². The fourth-order valence-electron chi connectivity index (χ4n) is 12.2. The lowest BCUT2D eigenvalue weighted by atomic mass is 9.33. The molecular formula is C64H42B2N4O. The third-order valence-corrected chi connectivity index (χ3v) is 15.0. The predicted octanol–water partition coefficient (Wildman–Crippen LogP) is 12.8. The maximum atomic E-state index is 6.41. The summed E-state index contributed by atoms with van der Waals surface area (Å²) in [5.41, 5.74) is 22.4. The largest absolute Gasteiger partial charge is 0.453 e. The first kappa shape index (κ1) is 39.8. The van der Waals surface area contributed by atoms with Gasteiger partial charge in [0.1, 0.15) is 0 Å². The van der Waals surface area contributed by atoms with E-state index in [4.69, 9.17) is 4.74 Å². The molecule has 330 valence electrons. The van der Waals surface area contributed by atoms with E-state index in [0.29, 0.717) is 0 Å². The molecule has 7 heteroatoms. The number of ether oxygens (including phenoxy) is 1. The van der Waals surface area contributed by atoms with Gasteiger partial charge < -0.3 is 24.3 Å². The molecular weight excluding hydrogens is 862 g/mol. The molecule has 0 aliphatic carbocycles. The average molecular weight is 905 g/mol. The van der Waals surface area contributed by atoms with Gasteiger partial charge in [0.2, 0.25) is 0 Å². The number of hydrogen-bond acceptors (Lipinski definition) is 5. The van der Waals surface area contributed by atoms with Crippen LogP contribution in [0.15, 0.2) is 255 Å². The van der Waals surface area contributed by atoms with Gasteiger partial charge in [-0.25, -0.2) is 0 Å². The van der Waals surface area contributed by atoms with E-state index >= 15 is 0 Å². The Morgan fingerprint density at radius 2 is 0.648 bits per heavy atom. The Hall–Kier alpha value is -9.19. The van der Waals surface area contributed by atoms with E-state index in [1.54, 1.807) is 0 Å². The summed E-state index contributed by atoms with van der Waals surface area (Å²) in [5.74, 6) is 1.80. The number of anilines is 12. The van der Waals surface area contributed by atoms with Crippen molar-refractivity contribution >= 4 is 125 Å². The van der Waals surface area contributed by atoms with E-state index in [1.165, 1.54) is 100 Å². The fraction of sp³-hybridized carbons (Fsp3) is 0. The third kappa shape index (κ3) is 5.90. The fourth-order valence-corrected chi connectivity index (χ4v) is 12.2. The lowest BCUT2D eigenvalue weighted by Crippen LogP contribution is -2.61. The molecule has 5 heterocycles. The number of hydrogen-bond donors (Lipinski definition) is 0. The summed E-state index contributed by atoms with van der Waals surface area (Å²) < 4.78 is 6.41. The molecule has 0 fully saturated rings. The van der Waals surface area contributed by atoms with Crippen LogP contribution in [-0.2, 0) is 0 Å². The Kier molecular flexibility index (Phi) is 8.78. The van der Waals surface area contributed by atoms with Gasteiger partial charge in [0.05, 0.1) is 11.4 Å². The summed E-state index contributed by atoms with van der Waals surface area (Å²) in [6, 6.07) is 91.7. The second kappa shape index (κ2) is 15.7. The molecule has 0 unspecified atom stereocenters. The first-order valence-corrected chi connectivity index (χ1v) is 24.5. The van der Waals surface area contributed by atoms with Gasteiger partial charge in [-0.3, -0.25) is 0 Å². The first-order chi connectivity index (χ1) is 35.3. The highest BCUT2D eigenvalue weighted by molar-refractivity contribution is 7.01. The molecule has 0 spiro atoms. The molecule has 11 aromatic carbocycles. The Bertz CT molecular complexity index is 3940. The van der Waals surface area contributed by atoms with Gasteiger partial charge >= 0.3 is 0 Å². The molecule has 5 aliphatic rings. The quantitative estimate of drug-likeness (QED) is 0.164. The van der Waals surface area contributed by atoms with Gasteiger partial charge in [-0.15, -0.1) is 0 Å². The minimum Gasteiger partial charge on any atom is -0.453 e. The third-order valence-electron chi connectivity index (χ3n) is 15.0. The van der Waals surface area contributed by atoms with E-state index in [1.807, 2.05) is 6.07 Å². The number of benzene rings is 11. The highest BCUT2D eigenvalue weighted by atomic mass is 16.5. The van der Waals surface area contributed by atoms with Crippen LogP contribution in [0.25, 0.3) is 10.8 Å². The molecule has 0 N–H and O–H groups in total. The normalized spacial score (nSPS) is 13.6. The topological polar surface area (TPSA) is 22.2 Å². The van der Waals surface area contributed by atoms with Crippen LogP contribution in [0.2, 0.25) is 0 Å². The minimum atomic E-state index is 0.141. The number of para-hydroxylation sites is 8. The van der Waals surface area contributed by atoms with Crippen molar-refractivity contribution in [1.29, 1.82) is 0 Å². The van der Waals surface area contributed by atoms with Crippen molar-refractivity contribution in [2.24, 2.45) is 0 Å². The molecule has 5 nitrogen and oxygen atoms in total. The van der Waals surface area contributed by atoms with Crippen LogP contribution in [0.4, 0.5) is 68.2 Å². The molecule has 0 saturated carbocycles. The second-order valence-corrected chi connectivity index (χ2v) is 18.8. The zero-order chi connectivity index (χ0) is 46.6. The molecule has 0 radical (unpaired) electrons. The van der Waals surface area contributed by atoms with Gasteiger partial charge in [-0.2, -0.15) is 0 Å². The van der Waals surface area contributed by atoms with Gasteiger partial charge in [-0.05, 0) is 141 Å². The van der Waals surface area contributed by atoms with Gasteiger partial charge in [0, 0.05) is 56.9 Å². The van der Waals surface area contributed by atoms with Crippen LogP contribution in [0.3, 0.4) is 0 Å². The van der Waals surface area contributed by atoms with Crippen LogP contribution < -0.4 is 57.1 Å². The maximum absolute atomic E-state index is 6.41. The molecule has 5 aliphatic heterocycles. The maximum Gasteiger partial charge on any atom is 0.252 e. The lowest BCUT2D eigenvalue weighted by molar-refractivity contribution is 0.477. The summed E-state index contributed by atoms with van der Waals surface area (Å²) in [7, 11) is 0.